The Morgan fingerprint density at radius 1 is 0.574 bits per heavy atom. The minimum absolute atomic E-state index is 0.341. The van der Waals surface area contributed by atoms with Crippen LogP contribution in [0.15, 0.2) is 24.3 Å². The van der Waals surface area contributed by atoms with Gasteiger partial charge < -0.3 is 9.80 Å². The molecule has 2 nitrogen and oxygen atoms in total. The van der Waals surface area contributed by atoms with Crippen molar-refractivity contribution in [1.82, 2.24) is 0 Å². The van der Waals surface area contributed by atoms with Crippen LogP contribution in [0.25, 0.3) is 0 Å². The fraction of sp³-hybridized carbons (Fsp3) is 0.675. The molecule has 7 heteroatoms. The first-order chi connectivity index (χ1) is 22.6. The maximum absolute atomic E-state index is 10.8. The average Bonchev–Trinajstić information content (AvgIpc) is 3.51. The molecule has 0 atom stereocenters. The first-order valence-corrected chi connectivity index (χ1v) is 25.5. The fourth-order valence-electron chi connectivity index (χ4n) is 9.33. The molecule has 3 aliphatic carbocycles. The third-order valence-electron chi connectivity index (χ3n) is 10.9. The van der Waals surface area contributed by atoms with Crippen molar-refractivity contribution in [2.45, 2.75) is 155 Å². The molecule has 47 heavy (non-hydrogen) atoms. The Balaban J connectivity index is 0.000000189. The summed E-state index contributed by atoms with van der Waals surface area (Å²) < 4.78 is 10.8. The van der Waals surface area contributed by atoms with Gasteiger partial charge in [0.1, 0.15) is 0 Å². The van der Waals surface area contributed by atoms with Crippen LogP contribution >= 0.6 is 27.3 Å². The Morgan fingerprint density at radius 3 is 1.11 bits per heavy atom. The van der Waals surface area contributed by atoms with E-state index in [1.165, 1.54) is 81.0 Å². The number of benzene rings is 2. The number of aryl methyl sites for hydroxylation is 6. The van der Waals surface area contributed by atoms with Crippen molar-refractivity contribution in [2.75, 3.05) is 29.6 Å². The Kier molecular flexibility index (Phi) is 16.5. The third kappa shape index (κ3) is 11.5. The zero-order valence-electron chi connectivity index (χ0n) is 30.2. The Hall–Kier alpha value is -0.527. The third-order valence-corrected chi connectivity index (χ3v) is 16.0. The molecule has 0 radical (unpaired) electrons. The summed E-state index contributed by atoms with van der Waals surface area (Å²) in [7, 11) is 10.3. The normalized spacial score (nSPS) is 20.0. The fourth-order valence-corrected chi connectivity index (χ4v) is 14.0. The molecule has 1 saturated heterocycles. The van der Waals surface area contributed by atoms with Gasteiger partial charge in [0.2, 0.25) is 0 Å². The number of anilines is 2. The molecular weight excluding hydrogens is 730 g/mol. The molecule has 4 fully saturated rings. The molecular formula is C40H62Cl2FN2PRu. The number of halogens is 3. The Bertz CT molecular complexity index is 1140. The molecule has 266 valence electrons. The quantitative estimate of drug-likeness (QED) is 0.220. The van der Waals surface area contributed by atoms with Crippen LogP contribution in [0.4, 0.5) is 15.8 Å². The second-order valence-electron chi connectivity index (χ2n) is 14.8. The molecule has 0 spiro atoms. The molecule has 0 aromatic heterocycles. The number of nitrogens with zero attached hydrogens (tertiary/aromatic N) is 2. The Labute approximate surface area is 301 Å². The number of hydrogen-bond acceptors (Lipinski definition) is 2. The zero-order valence-corrected chi connectivity index (χ0v) is 34.3. The molecule has 6 rings (SSSR count). The summed E-state index contributed by atoms with van der Waals surface area (Å²) in [6, 6.07) is 9.20. The summed E-state index contributed by atoms with van der Waals surface area (Å²) >= 11 is -2.03. The van der Waals surface area contributed by atoms with Crippen LogP contribution in [0.3, 0.4) is 0 Å². The standard InChI is InChI=1S/C21H28N2.C18H33P.CHF.2ClH.Ru/c1-14-9-16(3)20(17(4)10-14)22-7-8-23(13-22)21-18(5)11-15(2)12-19(21)6;1-4-10-16(11-5-1)19(17-12-6-2-7-13-17)18-14-8-3-9-15-18;1-2;;;/h9-12H,7-8,13H2,1-6H3;16-18H,1-15H2;1H;2*1H;/q;;;;;+2/p-2. The molecule has 0 N–H and O–H groups in total. The summed E-state index contributed by atoms with van der Waals surface area (Å²) in [5, 5.41) is 0. The molecule has 1 heterocycles. The van der Waals surface area contributed by atoms with Gasteiger partial charge in [0.25, 0.3) is 0 Å². The van der Waals surface area contributed by atoms with E-state index in [0.717, 1.165) is 19.8 Å². The van der Waals surface area contributed by atoms with Crippen molar-refractivity contribution in [3.05, 3.63) is 57.6 Å². The van der Waals surface area contributed by atoms with Crippen LogP contribution in [0, 0.1) is 41.5 Å². The predicted molar refractivity (Wildman–Crippen MR) is 207 cm³/mol. The molecule has 3 saturated carbocycles. The first-order valence-electron chi connectivity index (χ1n) is 18.4. The van der Waals surface area contributed by atoms with Crippen molar-refractivity contribution in [1.29, 1.82) is 0 Å². The maximum atomic E-state index is 10.8. The van der Waals surface area contributed by atoms with Gasteiger partial charge in [0.15, 0.2) is 0 Å². The summed E-state index contributed by atoms with van der Waals surface area (Å²) in [5.74, 6) is 0. The Morgan fingerprint density at radius 2 is 0.851 bits per heavy atom. The van der Waals surface area contributed by atoms with Crippen LogP contribution in [0.1, 0.15) is 130 Å². The van der Waals surface area contributed by atoms with Crippen LogP contribution in [0.5, 0.6) is 0 Å². The molecule has 0 amide bonds. The van der Waals surface area contributed by atoms with Crippen LogP contribution in [-0.4, -0.2) is 41.6 Å². The summed E-state index contributed by atoms with van der Waals surface area (Å²) in [4.78, 5) is 5.40. The van der Waals surface area contributed by atoms with Gasteiger partial charge in [-0.2, -0.15) is 0 Å². The predicted octanol–water partition coefficient (Wildman–Crippen LogP) is 12.9. The summed E-state index contributed by atoms with van der Waals surface area (Å²) in [6.45, 7) is 16.5. The van der Waals surface area contributed by atoms with Gasteiger partial charge in [0.05, 0.1) is 6.67 Å². The van der Waals surface area contributed by atoms with E-state index in [9.17, 15) is 4.39 Å². The average molecular weight is 793 g/mol. The van der Waals surface area contributed by atoms with Gasteiger partial charge in [-0.05, 0) is 119 Å². The first kappa shape index (κ1) is 39.3. The van der Waals surface area contributed by atoms with Gasteiger partial charge in [-0.1, -0.05) is 101 Å². The monoisotopic (exact) mass is 792 g/mol. The van der Waals surface area contributed by atoms with Crippen molar-refractivity contribution < 1.29 is 17.9 Å². The van der Waals surface area contributed by atoms with Crippen LogP contribution < -0.4 is 9.80 Å². The van der Waals surface area contributed by atoms with Gasteiger partial charge in [-0.25, -0.2) is 0 Å². The van der Waals surface area contributed by atoms with E-state index in [0.29, 0.717) is 12.8 Å². The van der Waals surface area contributed by atoms with E-state index in [2.05, 4.69) is 75.6 Å². The second-order valence-corrected chi connectivity index (χ2v) is 23.5. The molecule has 4 aliphatic rings. The van der Waals surface area contributed by atoms with E-state index in [1.807, 2.05) is 0 Å². The van der Waals surface area contributed by atoms with Crippen molar-refractivity contribution in [3.8, 4) is 0 Å². The number of rotatable bonds is 5. The molecule has 0 unspecified atom stereocenters. The van der Waals surface area contributed by atoms with Crippen LogP contribution in [-0.2, 0) is 13.5 Å². The van der Waals surface area contributed by atoms with E-state index in [-0.39, 0.29) is 0 Å². The SMILES string of the molecule is C1CCC(P(C2CCCCC2)C2CCCCC2)CC1.Cc1cc(C)c(N2CCN(c3c(C)cc(C)cc3C)C2)c(C)c1.F[CH]=[Ru]([Cl])[Cl]. The topological polar surface area (TPSA) is 6.48 Å². The molecule has 2 aromatic carbocycles. The van der Waals surface area contributed by atoms with E-state index >= 15 is 0 Å². The van der Waals surface area contributed by atoms with Crippen molar-refractivity contribution in [2.24, 2.45) is 0 Å². The molecule has 0 bridgehead atoms. The van der Waals surface area contributed by atoms with E-state index in [4.69, 9.17) is 19.4 Å². The molecule has 2 aromatic rings. The molecule has 1 aliphatic heterocycles. The summed E-state index contributed by atoms with van der Waals surface area (Å²) in [6.07, 6.45) is 23.6. The zero-order chi connectivity index (χ0) is 33.9. The number of hydrogen-bond donors (Lipinski definition) is 0. The second kappa shape index (κ2) is 19.8. The van der Waals surface area contributed by atoms with Gasteiger partial charge in [0, 0.05) is 24.5 Å². The van der Waals surface area contributed by atoms with Crippen LogP contribution in [0.2, 0.25) is 0 Å². The van der Waals surface area contributed by atoms with Gasteiger partial charge in [-0.3, -0.25) is 0 Å². The summed E-state index contributed by atoms with van der Waals surface area (Å²) in [5.41, 5.74) is 14.7. The van der Waals surface area contributed by atoms with Gasteiger partial charge >= 0.3 is 42.2 Å². The van der Waals surface area contributed by atoms with E-state index < -0.39 is 13.5 Å². The minimum atomic E-state index is -2.03. The van der Waals surface area contributed by atoms with Crippen molar-refractivity contribution in [3.63, 3.8) is 0 Å². The van der Waals surface area contributed by atoms with Crippen molar-refractivity contribution >= 4 is 43.5 Å². The van der Waals surface area contributed by atoms with Gasteiger partial charge in [-0.15, -0.1) is 0 Å². The van der Waals surface area contributed by atoms with E-state index in [1.54, 1.807) is 77.0 Å².